The normalized spacial score (nSPS) is 11.5. The highest BCUT2D eigenvalue weighted by Gasteiger charge is 2.31. The molecule has 0 aliphatic heterocycles. The molecular weight excluding hydrogens is 352 g/mol. The van der Waals surface area contributed by atoms with Gasteiger partial charge in [-0.25, -0.2) is 0 Å². The van der Waals surface area contributed by atoms with Crippen LogP contribution in [-0.4, -0.2) is 35.6 Å². The average Bonchev–Trinajstić information content (AvgIpc) is 2.66. The van der Waals surface area contributed by atoms with Crippen LogP contribution in [0.15, 0.2) is 48.5 Å². The third-order valence-corrected chi connectivity index (χ3v) is 4.13. The van der Waals surface area contributed by atoms with Gasteiger partial charge in [-0.2, -0.15) is 0 Å². The molecule has 8 heteroatoms. The number of carbonyl (C=O) groups excluding carboxylic acids is 1. The number of carboxylic acid groups (broad SMARTS) is 1. The van der Waals surface area contributed by atoms with Gasteiger partial charge < -0.3 is 14.7 Å². The van der Waals surface area contributed by atoms with Crippen LogP contribution in [0.3, 0.4) is 0 Å². The van der Waals surface area contributed by atoms with E-state index in [-0.39, 0.29) is 17.9 Å². The number of rotatable bonds is 8. The molecule has 1 atom stereocenters. The molecule has 0 aliphatic carbocycles. The molecule has 0 saturated carbocycles. The standard InChI is InChI=1S/C19H20N2O6/c1-3-20(14-7-5-4-6-8-14)18(22)15(19(23)24)11-13-9-10-16(21(25)26)17(12-13)27-2/h4-10,12,15H,3,11H2,1-2H3,(H,23,24). The van der Waals surface area contributed by atoms with Crippen LogP contribution in [0.5, 0.6) is 5.75 Å². The molecule has 0 aromatic heterocycles. The summed E-state index contributed by atoms with van der Waals surface area (Å²) in [6, 6.07) is 12.9. The van der Waals surface area contributed by atoms with E-state index in [1.165, 1.54) is 30.2 Å². The Bertz CT molecular complexity index is 837. The molecule has 27 heavy (non-hydrogen) atoms. The van der Waals surface area contributed by atoms with Crippen molar-refractivity contribution in [2.75, 3.05) is 18.6 Å². The molecule has 8 nitrogen and oxygen atoms in total. The van der Waals surface area contributed by atoms with Gasteiger partial charge in [0, 0.05) is 18.3 Å². The number of anilines is 1. The summed E-state index contributed by atoms with van der Waals surface area (Å²) >= 11 is 0. The van der Waals surface area contributed by atoms with Crippen LogP contribution >= 0.6 is 0 Å². The largest absolute Gasteiger partial charge is 0.490 e. The number of nitro benzene ring substituents is 1. The lowest BCUT2D eigenvalue weighted by atomic mass is 9.97. The van der Waals surface area contributed by atoms with Gasteiger partial charge in [0.25, 0.3) is 0 Å². The number of methoxy groups -OCH3 is 1. The summed E-state index contributed by atoms with van der Waals surface area (Å²) in [6.45, 7) is 2.08. The van der Waals surface area contributed by atoms with Crippen LogP contribution in [0.4, 0.5) is 11.4 Å². The number of carboxylic acids is 1. The van der Waals surface area contributed by atoms with Crippen molar-refractivity contribution in [2.24, 2.45) is 5.92 Å². The third-order valence-electron chi connectivity index (χ3n) is 4.13. The second-order valence-corrected chi connectivity index (χ2v) is 5.78. The Morgan fingerprint density at radius 2 is 1.89 bits per heavy atom. The van der Waals surface area contributed by atoms with Gasteiger partial charge in [-0.15, -0.1) is 0 Å². The van der Waals surface area contributed by atoms with Crippen molar-refractivity contribution in [2.45, 2.75) is 13.3 Å². The summed E-state index contributed by atoms with van der Waals surface area (Å²) in [7, 11) is 1.29. The molecule has 0 radical (unpaired) electrons. The maximum absolute atomic E-state index is 12.9. The zero-order valence-corrected chi connectivity index (χ0v) is 15.0. The Kier molecular flexibility index (Phi) is 6.48. The lowest BCUT2D eigenvalue weighted by Gasteiger charge is -2.24. The van der Waals surface area contributed by atoms with Gasteiger partial charge in [-0.05, 0) is 37.1 Å². The van der Waals surface area contributed by atoms with Crippen LogP contribution in [0.25, 0.3) is 0 Å². The van der Waals surface area contributed by atoms with E-state index in [2.05, 4.69) is 0 Å². The first kappa shape index (κ1) is 19.9. The average molecular weight is 372 g/mol. The molecule has 1 amide bonds. The molecule has 142 valence electrons. The minimum Gasteiger partial charge on any atom is -0.490 e. The van der Waals surface area contributed by atoms with Crippen molar-refractivity contribution in [1.82, 2.24) is 0 Å². The number of hydrogen-bond donors (Lipinski definition) is 1. The maximum Gasteiger partial charge on any atom is 0.316 e. The van der Waals surface area contributed by atoms with E-state index < -0.39 is 22.7 Å². The van der Waals surface area contributed by atoms with Gasteiger partial charge in [0.05, 0.1) is 12.0 Å². The summed E-state index contributed by atoms with van der Waals surface area (Å²) < 4.78 is 5.00. The molecular formula is C19H20N2O6. The molecule has 2 rings (SSSR count). The molecule has 0 bridgehead atoms. The number of benzene rings is 2. The monoisotopic (exact) mass is 372 g/mol. The summed E-state index contributed by atoms with van der Waals surface area (Å²) in [4.78, 5) is 36.4. The van der Waals surface area contributed by atoms with Gasteiger partial charge >= 0.3 is 11.7 Å². The van der Waals surface area contributed by atoms with Crippen LogP contribution in [0.1, 0.15) is 12.5 Å². The third kappa shape index (κ3) is 4.60. The lowest BCUT2D eigenvalue weighted by Crippen LogP contribution is -2.40. The molecule has 0 saturated heterocycles. The molecule has 1 unspecified atom stereocenters. The van der Waals surface area contributed by atoms with E-state index in [1.807, 2.05) is 0 Å². The molecule has 0 fully saturated rings. The summed E-state index contributed by atoms with van der Waals surface area (Å²) in [5, 5.41) is 20.6. The SMILES string of the molecule is CCN(C(=O)C(Cc1ccc([N+](=O)[O-])c(OC)c1)C(=O)O)c1ccccc1. The van der Waals surface area contributed by atoms with Gasteiger partial charge in [0.1, 0.15) is 5.92 Å². The van der Waals surface area contributed by atoms with Gasteiger partial charge in [-0.1, -0.05) is 24.3 Å². The topological polar surface area (TPSA) is 110 Å². The van der Waals surface area contributed by atoms with Crippen molar-refractivity contribution in [3.8, 4) is 5.75 Å². The zero-order valence-electron chi connectivity index (χ0n) is 15.0. The van der Waals surface area contributed by atoms with E-state index in [0.717, 1.165) is 0 Å². The fraction of sp³-hybridized carbons (Fsp3) is 0.263. The van der Waals surface area contributed by atoms with Gasteiger partial charge in [0.15, 0.2) is 5.75 Å². The number of hydrogen-bond acceptors (Lipinski definition) is 5. The number of aliphatic carboxylic acids is 1. The fourth-order valence-electron chi connectivity index (χ4n) is 2.78. The highest BCUT2D eigenvalue weighted by Crippen LogP contribution is 2.29. The zero-order chi connectivity index (χ0) is 20.0. The number of para-hydroxylation sites is 1. The first-order chi connectivity index (χ1) is 12.9. The molecule has 0 spiro atoms. The Morgan fingerprint density at radius 1 is 1.22 bits per heavy atom. The van der Waals surface area contributed by atoms with E-state index in [1.54, 1.807) is 37.3 Å². The maximum atomic E-state index is 12.9. The number of nitro groups is 1. The highest BCUT2D eigenvalue weighted by molar-refractivity contribution is 6.05. The predicted octanol–water partition coefficient (Wildman–Crippen LogP) is 2.90. The van der Waals surface area contributed by atoms with Crippen LogP contribution in [-0.2, 0) is 16.0 Å². The number of amides is 1. The fourth-order valence-corrected chi connectivity index (χ4v) is 2.78. The van der Waals surface area contributed by atoms with Crippen molar-refractivity contribution < 1.29 is 24.4 Å². The van der Waals surface area contributed by atoms with E-state index >= 15 is 0 Å². The number of ether oxygens (including phenoxy) is 1. The first-order valence-corrected chi connectivity index (χ1v) is 8.29. The van der Waals surface area contributed by atoms with Gasteiger partial charge in [-0.3, -0.25) is 19.7 Å². The second kappa shape index (κ2) is 8.79. The van der Waals surface area contributed by atoms with Crippen LogP contribution in [0.2, 0.25) is 0 Å². The van der Waals surface area contributed by atoms with E-state index in [0.29, 0.717) is 17.8 Å². The van der Waals surface area contributed by atoms with Crippen molar-refractivity contribution in [1.29, 1.82) is 0 Å². The minimum atomic E-state index is -1.32. The smallest absolute Gasteiger partial charge is 0.316 e. The Morgan fingerprint density at radius 3 is 2.41 bits per heavy atom. The van der Waals surface area contributed by atoms with Crippen LogP contribution in [0, 0.1) is 16.0 Å². The molecule has 0 heterocycles. The van der Waals surface area contributed by atoms with E-state index in [4.69, 9.17) is 4.74 Å². The number of nitrogens with zero attached hydrogens (tertiary/aromatic N) is 2. The first-order valence-electron chi connectivity index (χ1n) is 8.29. The number of carbonyl (C=O) groups is 2. The predicted molar refractivity (Wildman–Crippen MR) is 98.9 cm³/mol. The molecule has 0 aliphatic rings. The summed E-state index contributed by atoms with van der Waals surface area (Å²) in [6.07, 6.45) is -0.105. The highest BCUT2D eigenvalue weighted by atomic mass is 16.6. The minimum absolute atomic E-state index is 0.0181. The lowest BCUT2D eigenvalue weighted by molar-refractivity contribution is -0.385. The Labute approximate surface area is 156 Å². The Balaban J connectivity index is 2.31. The summed E-state index contributed by atoms with van der Waals surface area (Å²) in [5.41, 5.74) is 0.846. The van der Waals surface area contributed by atoms with Crippen LogP contribution < -0.4 is 9.64 Å². The van der Waals surface area contributed by atoms with Crippen molar-refractivity contribution in [3.05, 3.63) is 64.2 Å². The van der Waals surface area contributed by atoms with Crippen molar-refractivity contribution >= 4 is 23.3 Å². The molecule has 1 N–H and O–H groups in total. The second-order valence-electron chi connectivity index (χ2n) is 5.78. The summed E-state index contributed by atoms with van der Waals surface area (Å²) in [5.74, 6) is -3.11. The van der Waals surface area contributed by atoms with Crippen molar-refractivity contribution in [3.63, 3.8) is 0 Å². The molecule has 2 aromatic carbocycles. The quantitative estimate of drug-likeness (QED) is 0.433. The molecule has 2 aromatic rings. The van der Waals surface area contributed by atoms with Gasteiger partial charge in [0.2, 0.25) is 5.91 Å². The Hall–Kier alpha value is -3.42. The van der Waals surface area contributed by atoms with E-state index in [9.17, 15) is 24.8 Å².